The molecule has 1 aromatic carbocycles. The van der Waals surface area contributed by atoms with Crippen LogP contribution in [0.4, 0.5) is 0 Å². The van der Waals surface area contributed by atoms with Gasteiger partial charge in [-0.3, -0.25) is 9.69 Å². The third-order valence-electron chi connectivity index (χ3n) is 6.15. The predicted molar refractivity (Wildman–Crippen MR) is 122 cm³/mol. The van der Waals surface area contributed by atoms with E-state index in [1.165, 1.54) is 11.4 Å². The molecule has 1 saturated heterocycles. The summed E-state index contributed by atoms with van der Waals surface area (Å²) in [5.41, 5.74) is 2.95. The Bertz CT molecular complexity index is 1110. The van der Waals surface area contributed by atoms with Crippen molar-refractivity contribution < 1.29 is 22.7 Å². The van der Waals surface area contributed by atoms with Gasteiger partial charge in [0.15, 0.2) is 5.78 Å². The van der Waals surface area contributed by atoms with Gasteiger partial charge in [0.05, 0.1) is 29.3 Å². The molecule has 1 aromatic heterocycles. The van der Waals surface area contributed by atoms with Gasteiger partial charge in [-0.05, 0) is 51.8 Å². The number of ketones is 1. The van der Waals surface area contributed by atoms with E-state index in [9.17, 15) is 18.0 Å². The second-order valence-corrected chi connectivity index (χ2v) is 10.2. The lowest BCUT2D eigenvalue weighted by atomic mass is 10.0. The molecule has 2 aromatic rings. The number of H-pyrrole nitrogens is 1. The van der Waals surface area contributed by atoms with Crippen LogP contribution in [0.25, 0.3) is 0 Å². The number of Topliss-reactive ketones (excluding diaryl/α,β-unsaturated/α-hetero) is 1. The fraction of sp³-hybridized carbons (Fsp3) is 0.478. The second kappa shape index (κ2) is 9.56. The van der Waals surface area contributed by atoms with Crippen molar-refractivity contribution >= 4 is 21.8 Å². The molecule has 2 heterocycles. The number of carbonyl (C=O) groups excluding carboxylic acids is 2. The standard InChI is InChI=1S/C23H31N3O5S/c1-15-7-9-19(10-8-15)32(29,30)26-12-6-11-25(13-14-26)18(4)22(27)21-16(2)20(17(3)24-21)23(28)31-5/h7-10,18,24H,6,11-14H2,1-5H3. The summed E-state index contributed by atoms with van der Waals surface area (Å²) < 4.78 is 32.4. The van der Waals surface area contributed by atoms with Gasteiger partial charge in [0.25, 0.3) is 0 Å². The molecule has 3 rings (SSSR count). The maximum Gasteiger partial charge on any atom is 0.339 e. The SMILES string of the molecule is COC(=O)c1c(C)[nH]c(C(=O)C(C)N2CCCN(S(=O)(=O)c3ccc(C)cc3)CC2)c1C. The zero-order chi connectivity index (χ0) is 23.6. The van der Waals surface area contributed by atoms with Gasteiger partial charge >= 0.3 is 5.97 Å². The number of hydrogen-bond acceptors (Lipinski definition) is 6. The lowest BCUT2D eigenvalue weighted by Gasteiger charge is -2.26. The van der Waals surface area contributed by atoms with Crippen molar-refractivity contribution in [1.82, 2.24) is 14.2 Å². The van der Waals surface area contributed by atoms with Crippen LogP contribution in [0.15, 0.2) is 29.2 Å². The quantitative estimate of drug-likeness (QED) is 0.525. The number of aryl methyl sites for hydroxylation is 2. The number of aromatic amines is 1. The fourth-order valence-electron chi connectivity index (χ4n) is 4.18. The van der Waals surface area contributed by atoms with E-state index in [-0.39, 0.29) is 10.7 Å². The second-order valence-electron chi connectivity index (χ2n) is 8.26. The van der Waals surface area contributed by atoms with E-state index in [4.69, 9.17) is 4.74 Å². The lowest BCUT2D eigenvalue weighted by molar-refractivity contribution is 0.0599. The van der Waals surface area contributed by atoms with E-state index in [1.54, 1.807) is 38.1 Å². The van der Waals surface area contributed by atoms with Gasteiger partial charge in [0.1, 0.15) is 0 Å². The number of benzene rings is 1. The van der Waals surface area contributed by atoms with Gasteiger partial charge in [-0.15, -0.1) is 0 Å². The van der Waals surface area contributed by atoms with Gasteiger partial charge in [0, 0.05) is 31.9 Å². The zero-order valence-electron chi connectivity index (χ0n) is 19.3. The van der Waals surface area contributed by atoms with Crippen LogP contribution in [-0.4, -0.2) is 73.7 Å². The minimum atomic E-state index is -3.58. The largest absolute Gasteiger partial charge is 0.465 e. The van der Waals surface area contributed by atoms with Crippen LogP contribution in [0.1, 0.15) is 51.0 Å². The van der Waals surface area contributed by atoms with Crippen LogP contribution in [0.5, 0.6) is 0 Å². The van der Waals surface area contributed by atoms with Gasteiger partial charge in [-0.2, -0.15) is 4.31 Å². The molecule has 1 N–H and O–H groups in total. The number of methoxy groups -OCH3 is 1. The van der Waals surface area contributed by atoms with E-state index >= 15 is 0 Å². The van der Waals surface area contributed by atoms with Crippen LogP contribution >= 0.6 is 0 Å². The average Bonchev–Trinajstić information content (AvgIpc) is 2.93. The summed E-state index contributed by atoms with van der Waals surface area (Å²) >= 11 is 0. The first-order chi connectivity index (χ1) is 15.1. The Morgan fingerprint density at radius 2 is 1.69 bits per heavy atom. The number of nitrogens with one attached hydrogen (secondary N) is 1. The van der Waals surface area contributed by atoms with Crippen LogP contribution < -0.4 is 0 Å². The summed E-state index contributed by atoms with van der Waals surface area (Å²) in [5, 5.41) is 0. The summed E-state index contributed by atoms with van der Waals surface area (Å²) in [4.78, 5) is 30.6. The highest BCUT2D eigenvalue weighted by molar-refractivity contribution is 7.89. The van der Waals surface area contributed by atoms with Crippen LogP contribution in [0, 0.1) is 20.8 Å². The van der Waals surface area contributed by atoms with E-state index in [1.807, 2.05) is 18.7 Å². The topological polar surface area (TPSA) is 99.8 Å². The molecule has 1 aliphatic heterocycles. The minimum absolute atomic E-state index is 0.129. The number of ether oxygens (including phenoxy) is 1. The Hall–Kier alpha value is -2.49. The maximum atomic E-state index is 13.2. The van der Waals surface area contributed by atoms with Crippen LogP contribution in [-0.2, 0) is 14.8 Å². The van der Waals surface area contributed by atoms with Crippen molar-refractivity contribution in [1.29, 1.82) is 0 Å². The normalized spacial score (nSPS) is 17.0. The molecule has 1 aliphatic rings. The van der Waals surface area contributed by atoms with E-state index in [0.717, 1.165) is 5.56 Å². The highest BCUT2D eigenvalue weighted by atomic mass is 32.2. The zero-order valence-corrected chi connectivity index (χ0v) is 20.1. The molecular weight excluding hydrogens is 430 g/mol. The highest BCUT2D eigenvalue weighted by Gasteiger charge is 2.32. The number of esters is 1. The first kappa shape index (κ1) is 24.2. The van der Waals surface area contributed by atoms with Crippen molar-refractivity contribution in [2.75, 3.05) is 33.3 Å². The summed E-state index contributed by atoms with van der Waals surface area (Å²) in [6.07, 6.45) is 0.624. The summed E-state index contributed by atoms with van der Waals surface area (Å²) in [6.45, 7) is 8.97. The molecule has 1 atom stereocenters. The maximum absolute atomic E-state index is 13.2. The minimum Gasteiger partial charge on any atom is -0.465 e. The van der Waals surface area contributed by atoms with E-state index < -0.39 is 22.0 Å². The molecule has 32 heavy (non-hydrogen) atoms. The smallest absolute Gasteiger partial charge is 0.339 e. The monoisotopic (exact) mass is 461 g/mol. The first-order valence-corrected chi connectivity index (χ1v) is 12.1. The summed E-state index contributed by atoms with van der Waals surface area (Å²) in [5.74, 6) is -0.606. The molecule has 8 nitrogen and oxygen atoms in total. The molecule has 0 bridgehead atoms. The first-order valence-electron chi connectivity index (χ1n) is 10.7. The summed E-state index contributed by atoms with van der Waals surface area (Å²) in [6, 6.07) is 6.39. The Kier molecular flexibility index (Phi) is 7.22. The van der Waals surface area contributed by atoms with Crippen molar-refractivity contribution in [3.8, 4) is 0 Å². The molecule has 174 valence electrons. The number of rotatable bonds is 6. The Morgan fingerprint density at radius 1 is 1.03 bits per heavy atom. The molecule has 0 aliphatic carbocycles. The number of sulfonamides is 1. The molecule has 9 heteroatoms. The number of hydrogen-bond donors (Lipinski definition) is 1. The predicted octanol–water partition coefficient (Wildman–Crippen LogP) is 2.69. The van der Waals surface area contributed by atoms with E-state index in [0.29, 0.717) is 55.1 Å². The van der Waals surface area contributed by atoms with Crippen molar-refractivity contribution in [2.45, 2.75) is 45.1 Å². The van der Waals surface area contributed by atoms with Gasteiger partial charge in [-0.1, -0.05) is 17.7 Å². The van der Waals surface area contributed by atoms with E-state index in [2.05, 4.69) is 4.98 Å². The van der Waals surface area contributed by atoms with Gasteiger partial charge < -0.3 is 9.72 Å². The number of aromatic nitrogens is 1. The highest BCUT2D eigenvalue weighted by Crippen LogP contribution is 2.23. The van der Waals surface area contributed by atoms with Crippen molar-refractivity contribution in [3.05, 3.63) is 52.3 Å². The molecule has 0 saturated carbocycles. The molecular formula is C23H31N3O5S. The molecule has 1 fully saturated rings. The number of carbonyl (C=O) groups is 2. The Balaban J connectivity index is 1.75. The molecule has 0 radical (unpaired) electrons. The van der Waals surface area contributed by atoms with Gasteiger partial charge in [-0.25, -0.2) is 13.2 Å². The molecule has 1 unspecified atom stereocenters. The van der Waals surface area contributed by atoms with Crippen molar-refractivity contribution in [3.63, 3.8) is 0 Å². The number of nitrogens with zero attached hydrogens (tertiary/aromatic N) is 2. The molecule has 0 amide bonds. The summed E-state index contributed by atoms with van der Waals surface area (Å²) in [7, 11) is -2.27. The Morgan fingerprint density at radius 3 is 2.31 bits per heavy atom. The average molecular weight is 462 g/mol. The van der Waals surface area contributed by atoms with Crippen LogP contribution in [0.3, 0.4) is 0 Å². The van der Waals surface area contributed by atoms with Crippen LogP contribution in [0.2, 0.25) is 0 Å². The van der Waals surface area contributed by atoms with Crippen molar-refractivity contribution in [2.24, 2.45) is 0 Å². The third kappa shape index (κ3) is 4.65. The third-order valence-corrected chi connectivity index (χ3v) is 8.06. The van der Waals surface area contributed by atoms with Gasteiger partial charge in [0.2, 0.25) is 10.0 Å². The molecule has 0 spiro atoms. The Labute approximate surface area is 189 Å². The fourth-order valence-corrected chi connectivity index (χ4v) is 5.65. The lowest BCUT2D eigenvalue weighted by Crippen LogP contribution is -2.42.